The van der Waals surface area contributed by atoms with Crippen LogP contribution < -0.4 is 5.32 Å². The monoisotopic (exact) mass is 273 g/mol. The average Bonchev–Trinajstić information content (AvgIpc) is 2.71. The molecule has 3 heterocycles. The molecule has 1 aromatic rings. The molecule has 0 aliphatic carbocycles. The molecule has 2 aliphatic heterocycles. The van der Waals surface area contributed by atoms with Gasteiger partial charge in [0.1, 0.15) is 0 Å². The van der Waals surface area contributed by atoms with Gasteiger partial charge in [0.2, 0.25) is 0 Å². The minimum atomic E-state index is 0.862. The van der Waals surface area contributed by atoms with Crippen LogP contribution in [0.4, 0.5) is 0 Å². The normalized spacial score (nSPS) is 37.0. The van der Waals surface area contributed by atoms with E-state index in [2.05, 4.69) is 22.8 Å². The maximum absolute atomic E-state index is 3.59. The summed E-state index contributed by atoms with van der Waals surface area (Å²) < 4.78 is 0. The second-order valence-corrected chi connectivity index (χ2v) is 7.73. The number of rotatable bonds is 1. The van der Waals surface area contributed by atoms with Crippen LogP contribution in [0.2, 0.25) is 5.32 Å². The van der Waals surface area contributed by atoms with Gasteiger partial charge in [0, 0.05) is 0 Å². The fourth-order valence-corrected chi connectivity index (χ4v) is 7.12. The van der Waals surface area contributed by atoms with E-state index in [1.165, 1.54) is 24.8 Å². The number of fused-ring (bicyclic) bond motifs is 2. The first-order valence-electron chi connectivity index (χ1n) is 5.29. The van der Waals surface area contributed by atoms with Gasteiger partial charge in [0.25, 0.3) is 0 Å². The summed E-state index contributed by atoms with van der Waals surface area (Å²) in [5.74, 6) is 1.95. The van der Waals surface area contributed by atoms with Crippen LogP contribution in [-0.2, 0) is 0 Å². The SMILES string of the molecule is c1csc(C2[Se]CC3CNCC2C3)c1. The molecule has 2 fully saturated rings. The Labute approximate surface area is 95.4 Å². The predicted octanol–water partition coefficient (Wildman–Crippen LogP) is 2.15. The van der Waals surface area contributed by atoms with Crippen molar-refractivity contribution in [2.45, 2.75) is 16.6 Å². The third kappa shape index (κ3) is 1.67. The van der Waals surface area contributed by atoms with E-state index in [-0.39, 0.29) is 0 Å². The van der Waals surface area contributed by atoms with E-state index in [4.69, 9.17) is 0 Å². The van der Waals surface area contributed by atoms with Crippen LogP contribution in [0.5, 0.6) is 0 Å². The topological polar surface area (TPSA) is 12.0 Å². The molecule has 3 atom stereocenters. The van der Waals surface area contributed by atoms with Crippen molar-refractivity contribution in [3.63, 3.8) is 0 Å². The van der Waals surface area contributed by atoms with Crippen molar-refractivity contribution in [3.05, 3.63) is 22.4 Å². The van der Waals surface area contributed by atoms with E-state index in [0.29, 0.717) is 0 Å². The van der Waals surface area contributed by atoms with Gasteiger partial charge in [-0.2, -0.15) is 0 Å². The van der Waals surface area contributed by atoms with Crippen molar-refractivity contribution in [3.8, 4) is 0 Å². The summed E-state index contributed by atoms with van der Waals surface area (Å²) in [5, 5.41) is 7.32. The zero-order chi connectivity index (χ0) is 9.38. The van der Waals surface area contributed by atoms with Crippen LogP contribution >= 0.6 is 11.3 Å². The first-order chi connectivity index (χ1) is 6.93. The van der Waals surface area contributed by atoms with Gasteiger partial charge in [0.15, 0.2) is 0 Å². The summed E-state index contributed by atoms with van der Waals surface area (Å²) in [6.45, 7) is 2.55. The van der Waals surface area contributed by atoms with Crippen LogP contribution in [-0.4, -0.2) is 28.0 Å². The molecule has 0 saturated carbocycles. The van der Waals surface area contributed by atoms with Gasteiger partial charge < -0.3 is 0 Å². The van der Waals surface area contributed by atoms with Gasteiger partial charge in [-0.05, 0) is 0 Å². The summed E-state index contributed by atoms with van der Waals surface area (Å²) in [6.07, 6.45) is 1.48. The van der Waals surface area contributed by atoms with Crippen LogP contribution in [0.1, 0.15) is 16.1 Å². The van der Waals surface area contributed by atoms with Crippen molar-refractivity contribution in [1.82, 2.24) is 5.32 Å². The molecule has 14 heavy (non-hydrogen) atoms. The molecule has 1 N–H and O–H groups in total. The van der Waals surface area contributed by atoms with Crippen molar-refractivity contribution in [2.24, 2.45) is 11.8 Å². The Morgan fingerprint density at radius 3 is 3.29 bits per heavy atom. The van der Waals surface area contributed by atoms with Crippen molar-refractivity contribution < 1.29 is 0 Å². The van der Waals surface area contributed by atoms with Crippen LogP contribution in [0, 0.1) is 11.8 Å². The average molecular weight is 272 g/mol. The van der Waals surface area contributed by atoms with E-state index < -0.39 is 0 Å². The zero-order valence-corrected chi connectivity index (χ0v) is 10.6. The summed E-state index contributed by atoms with van der Waals surface area (Å²) in [5.41, 5.74) is 0. The van der Waals surface area contributed by atoms with E-state index in [0.717, 1.165) is 31.6 Å². The fourth-order valence-electron chi connectivity index (χ4n) is 2.57. The first-order valence-corrected chi connectivity index (χ1v) is 8.37. The minimum absolute atomic E-state index is 0.862. The quantitative estimate of drug-likeness (QED) is 0.772. The molecule has 2 saturated heterocycles. The molecule has 3 unspecified atom stereocenters. The number of thiophene rings is 1. The molecule has 0 amide bonds. The van der Waals surface area contributed by atoms with E-state index >= 15 is 0 Å². The van der Waals surface area contributed by atoms with Gasteiger partial charge in [-0.3, -0.25) is 0 Å². The third-order valence-corrected chi connectivity index (χ3v) is 8.02. The van der Waals surface area contributed by atoms with E-state index in [1.54, 1.807) is 4.88 Å². The molecule has 2 aliphatic rings. The van der Waals surface area contributed by atoms with Gasteiger partial charge in [-0.25, -0.2) is 0 Å². The molecule has 76 valence electrons. The fraction of sp³-hybridized carbons (Fsp3) is 0.636. The molecule has 1 nitrogen and oxygen atoms in total. The second kappa shape index (κ2) is 3.97. The number of nitrogens with one attached hydrogen (secondary N) is 1. The number of piperidine rings is 1. The molecule has 3 heteroatoms. The van der Waals surface area contributed by atoms with Gasteiger partial charge >= 0.3 is 95.5 Å². The molecule has 3 rings (SSSR count). The standard InChI is InChI=1S/C11H15NSSe/c1-2-10(13-3-1)11-9-4-8(7-14-11)5-12-6-9/h1-3,8-9,11-12H,4-7H2. The maximum atomic E-state index is 3.59. The summed E-state index contributed by atoms with van der Waals surface area (Å²) in [7, 11) is 0. The molecular formula is C11H15NSSe. The summed E-state index contributed by atoms with van der Waals surface area (Å²) in [6, 6.07) is 4.55. The summed E-state index contributed by atoms with van der Waals surface area (Å²) >= 11 is 2.82. The Morgan fingerprint density at radius 1 is 1.43 bits per heavy atom. The Kier molecular flexibility index (Phi) is 2.67. The molecular weight excluding hydrogens is 257 g/mol. The Balaban J connectivity index is 1.80. The van der Waals surface area contributed by atoms with Gasteiger partial charge in [-0.1, -0.05) is 0 Å². The molecule has 1 aromatic heterocycles. The van der Waals surface area contributed by atoms with E-state index in [9.17, 15) is 0 Å². The zero-order valence-electron chi connectivity index (χ0n) is 8.11. The van der Waals surface area contributed by atoms with Crippen LogP contribution in [0.3, 0.4) is 0 Å². The van der Waals surface area contributed by atoms with Crippen LogP contribution in [0.25, 0.3) is 0 Å². The third-order valence-electron chi connectivity index (χ3n) is 3.24. The molecule has 2 bridgehead atoms. The molecule has 0 radical (unpaired) electrons. The second-order valence-electron chi connectivity index (χ2n) is 4.29. The first kappa shape index (κ1) is 9.41. The number of hydrogen-bond acceptors (Lipinski definition) is 2. The van der Waals surface area contributed by atoms with Crippen LogP contribution in [0.15, 0.2) is 17.5 Å². The predicted molar refractivity (Wildman–Crippen MR) is 62.1 cm³/mol. The number of hydrogen-bond donors (Lipinski definition) is 1. The molecule has 0 spiro atoms. The van der Waals surface area contributed by atoms with E-state index in [1.807, 2.05) is 11.3 Å². The summed E-state index contributed by atoms with van der Waals surface area (Å²) in [4.78, 5) is 2.57. The molecule has 0 aromatic carbocycles. The Hall–Kier alpha value is 0.179. The Morgan fingerprint density at radius 2 is 2.43 bits per heavy atom. The van der Waals surface area contributed by atoms with Crippen molar-refractivity contribution in [1.29, 1.82) is 0 Å². The Bertz CT molecular complexity index is 298. The van der Waals surface area contributed by atoms with Gasteiger partial charge in [-0.15, -0.1) is 0 Å². The van der Waals surface area contributed by atoms with Crippen molar-refractivity contribution >= 4 is 26.3 Å². The van der Waals surface area contributed by atoms with Crippen molar-refractivity contribution in [2.75, 3.05) is 13.1 Å². The van der Waals surface area contributed by atoms with Gasteiger partial charge in [0.05, 0.1) is 0 Å².